The Morgan fingerprint density at radius 1 is 0.657 bits per heavy atom. The van der Waals surface area contributed by atoms with Crippen LogP contribution in [0.1, 0.15) is 110 Å². The molecule has 0 amide bonds. The van der Waals surface area contributed by atoms with Crippen molar-refractivity contribution in [3.8, 4) is 0 Å². The molecule has 0 aromatic rings. The SMILES string of the molecule is CCCCCCCCCCCCCCCCOCC(COP(=O)([O-])OCC[N+](C)(C)C)OCCC. The monoisotopic (exact) mass is 523 g/mol. The number of hydrogen-bond donors (Lipinski definition) is 0. The summed E-state index contributed by atoms with van der Waals surface area (Å²) in [7, 11) is 1.59. The quantitative estimate of drug-likeness (QED) is 0.0696. The number of ether oxygens (including phenoxy) is 2. The molecule has 0 radical (unpaired) electrons. The van der Waals surface area contributed by atoms with Crippen LogP contribution in [0, 0.1) is 0 Å². The first-order valence-corrected chi connectivity index (χ1v) is 15.8. The summed E-state index contributed by atoms with van der Waals surface area (Å²) in [4.78, 5) is 12.0. The summed E-state index contributed by atoms with van der Waals surface area (Å²) in [5.74, 6) is 0. The van der Waals surface area contributed by atoms with Crippen molar-refractivity contribution in [1.29, 1.82) is 0 Å². The number of hydrogen-bond acceptors (Lipinski definition) is 6. The number of unbranched alkanes of at least 4 members (excludes halogenated alkanes) is 13. The van der Waals surface area contributed by atoms with E-state index in [0.717, 1.165) is 12.8 Å². The van der Waals surface area contributed by atoms with E-state index >= 15 is 0 Å². The summed E-state index contributed by atoms with van der Waals surface area (Å²) in [5.41, 5.74) is 0. The molecular formula is C27H58NO6P. The van der Waals surface area contributed by atoms with Crippen LogP contribution in [0.25, 0.3) is 0 Å². The van der Waals surface area contributed by atoms with Crippen LogP contribution >= 0.6 is 7.82 Å². The molecule has 0 N–H and O–H groups in total. The lowest BCUT2D eigenvalue weighted by Gasteiger charge is -2.28. The molecule has 2 unspecified atom stereocenters. The fourth-order valence-corrected chi connectivity index (χ4v) is 4.41. The minimum atomic E-state index is -4.34. The summed E-state index contributed by atoms with van der Waals surface area (Å²) in [5, 5.41) is 0. The number of rotatable bonds is 27. The molecule has 0 spiro atoms. The minimum Gasteiger partial charge on any atom is -0.756 e. The number of phosphoric ester groups is 1. The van der Waals surface area contributed by atoms with Crippen LogP contribution in [0.3, 0.4) is 0 Å². The van der Waals surface area contributed by atoms with Gasteiger partial charge in [0.15, 0.2) is 0 Å². The van der Waals surface area contributed by atoms with Gasteiger partial charge >= 0.3 is 0 Å². The van der Waals surface area contributed by atoms with Gasteiger partial charge in [0.1, 0.15) is 19.3 Å². The summed E-state index contributed by atoms with van der Waals surface area (Å²) in [6, 6.07) is 0. The first kappa shape index (κ1) is 35.0. The van der Waals surface area contributed by atoms with Crippen molar-refractivity contribution in [3.63, 3.8) is 0 Å². The number of quaternary nitrogens is 1. The van der Waals surface area contributed by atoms with Gasteiger partial charge < -0.3 is 27.9 Å². The Morgan fingerprint density at radius 3 is 1.66 bits per heavy atom. The lowest BCUT2D eigenvalue weighted by Crippen LogP contribution is -2.37. The highest BCUT2D eigenvalue weighted by Gasteiger charge is 2.17. The van der Waals surface area contributed by atoms with Gasteiger partial charge in [-0.15, -0.1) is 0 Å². The van der Waals surface area contributed by atoms with Crippen molar-refractivity contribution in [2.24, 2.45) is 0 Å². The van der Waals surface area contributed by atoms with E-state index in [9.17, 15) is 9.46 Å². The highest BCUT2D eigenvalue weighted by atomic mass is 31.2. The molecule has 35 heavy (non-hydrogen) atoms. The predicted octanol–water partition coefficient (Wildman–Crippen LogP) is 6.49. The van der Waals surface area contributed by atoms with Gasteiger partial charge in [-0.25, -0.2) is 0 Å². The molecule has 0 saturated heterocycles. The van der Waals surface area contributed by atoms with E-state index in [0.29, 0.717) is 30.8 Å². The topological polar surface area (TPSA) is 77.1 Å². The van der Waals surface area contributed by atoms with E-state index < -0.39 is 13.9 Å². The smallest absolute Gasteiger partial charge is 0.268 e. The van der Waals surface area contributed by atoms with E-state index in [1.807, 2.05) is 28.1 Å². The Balaban J connectivity index is 3.74. The average molecular weight is 524 g/mol. The number of likely N-dealkylation sites (N-methyl/N-ethyl adjacent to an activating group) is 1. The molecular weight excluding hydrogens is 465 g/mol. The highest BCUT2D eigenvalue weighted by molar-refractivity contribution is 7.45. The van der Waals surface area contributed by atoms with Crippen molar-refractivity contribution >= 4 is 7.82 Å². The second kappa shape index (κ2) is 23.1. The molecule has 2 atom stereocenters. The Hall–Kier alpha value is -0.0100. The molecule has 0 aliphatic heterocycles. The molecule has 0 bridgehead atoms. The fraction of sp³-hybridized carbons (Fsp3) is 1.00. The zero-order valence-corrected chi connectivity index (χ0v) is 24.7. The summed E-state index contributed by atoms with van der Waals surface area (Å²) in [6.07, 6.45) is 19.1. The fourth-order valence-electron chi connectivity index (χ4n) is 3.68. The van der Waals surface area contributed by atoms with Gasteiger partial charge in [-0.1, -0.05) is 97.3 Å². The molecule has 7 nitrogen and oxygen atoms in total. The van der Waals surface area contributed by atoms with Gasteiger partial charge in [-0.05, 0) is 12.8 Å². The molecule has 0 rings (SSSR count). The third kappa shape index (κ3) is 26.9. The Bertz CT molecular complexity index is 501. The van der Waals surface area contributed by atoms with Crippen LogP contribution in [0.2, 0.25) is 0 Å². The minimum absolute atomic E-state index is 0.0795. The van der Waals surface area contributed by atoms with Crippen LogP contribution in [-0.4, -0.2) is 71.3 Å². The van der Waals surface area contributed by atoms with Crippen LogP contribution in [0.5, 0.6) is 0 Å². The molecule has 0 aliphatic carbocycles. The van der Waals surface area contributed by atoms with E-state index in [4.69, 9.17) is 18.5 Å². The Kier molecular flexibility index (Phi) is 23.1. The van der Waals surface area contributed by atoms with Gasteiger partial charge in [0.05, 0.1) is 34.4 Å². The van der Waals surface area contributed by atoms with Crippen LogP contribution < -0.4 is 4.89 Å². The van der Waals surface area contributed by atoms with Crippen molar-refractivity contribution in [2.45, 2.75) is 116 Å². The predicted molar refractivity (Wildman–Crippen MR) is 144 cm³/mol. The van der Waals surface area contributed by atoms with E-state index in [2.05, 4.69) is 6.92 Å². The molecule has 212 valence electrons. The van der Waals surface area contributed by atoms with Crippen molar-refractivity contribution in [1.82, 2.24) is 0 Å². The van der Waals surface area contributed by atoms with Gasteiger partial charge in [-0.3, -0.25) is 4.57 Å². The van der Waals surface area contributed by atoms with Gasteiger partial charge in [0, 0.05) is 13.2 Å². The van der Waals surface area contributed by atoms with E-state index in [-0.39, 0.29) is 13.2 Å². The van der Waals surface area contributed by atoms with Crippen molar-refractivity contribution < 1.29 is 32.5 Å². The second-order valence-electron chi connectivity index (χ2n) is 10.8. The van der Waals surface area contributed by atoms with Crippen LogP contribution in [0.4, 0.5) is 0 Å². The molecule has 0 aromatic heterocycles. The Morgan fingerprint density at radius 2 is 1.17 bits per heavy atom. The maximum absolute atomic E-state index is 12.0. The molecule has 0 fully saturated rings. The Labute approximate surface area is 217 Å². The average Bonchev–Trinajstić information content (AvgIpc) is 2.79. The van der Waals surface area contributed by atoms with Crippen LogP contribution in [-0.2, 0) is 23.1 Å². The third-order valence-corrected chi connectivity index (χ3v) is 6.90. The number of phosphoric acid groups is 1. The first-order chi connectivity index (χ1) is 16.7. The van der Waals surface area contributed by atoms with Gasteiger partial charge in [0.25, 0.3) is 7.82 Å². The summed E-state index contributed by atoms with van der Waals surface area (Å²) >= 11 is 0. The molecule has 0 saturated carbocycles. The van der Waals surface area contributed by atoms with Crippen molar-refractivity contribution in [2.75, 3.05) is 60.7 Å². The third-order valence-electron chi connectivity index (χ3n) is 5.93. The lowest BCUT2D eigenvalue weighted by atomic mass is 10.0. The highest BCUT2D eigenvalue weighted by Crippen LogP contribution is 2.38. The maximum atomic E-state index is 12.0. The maximum Gasteiger partial charge on any atom is 0.268 e. The van der Waals surface area contributed by atoms with E-state index in [1.54, 1.807) is 0 Å². The lowest BCUT2D eigenvalue weighted by molar-refractivity contribution is -0.870. The molecule has 8 heteroatoms. The normalized spacial score (nSPS) is 14.8. The summed E-state index contributed by atoms with van der Waals surface area (Å²) < 4.78 is 34.1. The van der Waals surface area contributed by atoms with Crippen LogP contribution in [0.15, 0.2) is 0 Å². The largest absolute Gasteiger partial charge is 0.756 e. The first-order valence-electron chi connectivity index (χ1n) is 14.3. The van der Waals surface area contributed by atoms with Gasteiger partial charge in [0.2, 0.25) is 0 Å². The summed E-state index contributed by atoms with van der Waals surface area (Å²) in [6.45, 7) is 6.42. The number of nitrogens with zero attached hydrogens (tertiary/aromatic N) is 1. The molecule has 0 aliphatic rings. The molecule has 0 aromatic carbocycles. The van der Waals surface area contributed by atoms with E-state index in [1.165, 1.54) is 83.5 Å². The zero-order chi connectivity index (χ0) is 26.3. The standard InChI is InChI=1S/C27H58NO6P/c1-6-8-9-10-11-12-13-14-15-16-17-18-19-20-23-31-25-27(32-22-7-2)26-34-35(29,30)33-24-21-28(3,4)5/h27H,6-26H2,1-5H3. The molecule has 0 heterocycles. The zero-order valence-electron chi connectivity index (χ0n) is 23.8. The van der Waals surface area contributed by atoms with Crippen molar-refractivity contribution in [3.05, 3.63) is 0 Å². The van der Waals surface area contributed by atoms with Gasteiger partial charge in [-0.2, -0.15) is 0 Å². The second-order valence-corrected chi connectivity index (χ2v) is 12.2.